The third-order valence-corrected chi connectivity index (χ3v) is 5.71. The summed E-state index contributed by atoms with van der Waals surface area (Å²) in [4.78, 5) is 26.0. The highest BCUT2D eigenvalue weighted by Gasteiger charge is 2.31. The highest BCUT2D eigenvalue weighted by Crippen LogP contribution is 2.33. The highest BCUT2D eigenvalue weighted by atomic mass is 32.1. The Morgan fingerprint density at radius 2 is 2.33 bits per heavy atom. The summed E-state index contributed by atoms with van der Waals surface area (Å²) in [6.45, 7) is 4.94. The van der Waals surface area contributed by atoms with Crippen molar-refractivity contribution in [2.75, 3.05) is 19.6 Å². The summed E-state index contributed by atoms with van der Waals surface area (Å²) < 4.78 is 0. The van der Waals surface area contributed by atoms with Gasteiger partial charge in [-0.15, -0.1) is 0 Å². The van der Waals surface area contributed by atoms with E-state index in [9.17, 15) is 4.79 Å². The SMILES string of the molecule is Cc1ncc2c(n1)CN(CC(=O)N1CCCC1c1ccsc1)CC2. The molecule has 4 rings (SSSR count). The summed E-state index contributed by atoms with van der Waals surface area (Å²) in [6.07, 6.45) is 5.04. The van der Waals surface area contributed by atoms with Crippen molar-refractivity contribution < 1.29 is 4.79 Å². The van der Waals surface area contributed by atoms with Crippen molar-refractivity contribution in [3.63, 3.8) is 0 Å². The van der Waals surface area contributed by atoms with E-state index in [4.69, 9.17) is 0 Å². The lowest BCUT2D eigenvalue weighted by molar-refractivity contribution is -0.133. The van der Waals surface area contributed by atoms with Crippen LogP contribution in [0.5, 0.6) is 0 Å². The van der Waals surface area contributed by atoms with Gasteiger partial charge in [-0.25, -0.2) is 9.97 Å². The fraction of sp³-hybridized carbons (Fsp3) is 0.500. The third-order valence-electron chi connectivity index (χ3n) is 5.01. The second-order valence-electron chi connectivity index (χ2n) is 6.65. The van der Waals surface area contributed by atoms with Crippen LogP contribution >= 0.6 is 11.3 Å². The average molecular weight is 342 g/mol. The molecule has 2 aliphatic rings. The molecule has 1 atom stereocenters. The van der Waals surface area contributed by atoms with Crippen LogP contribution < -0.4 is 0 Å². The molecule has 1 amide bonds. The first-order valence-electron chi connectivity index (χ1n) is 8.56. The number of amides is 1. The number of nitrogens with zero attached hydrogens (tertiary/aromatic N) is 4. The summed E-state index contributed by atoms with van der Waals surface area (Å²) in [5.74, 6) is 1.05. The number of rotatable bonds is 3. The second kappa shape index (κ2) is 6.61. The molecular formula is C18H22N4OS. The zero-order chi connectivity index (χ0) is 16.5. The first-order chi connectivity index (χ1) is 11.7. The van der Waals surface area contributed by atoms with Gasteiger partial charge in [-0.05, 0) is 54.1 Å². The fourth-order valence-electron chi connectivity index (χ4n) is 3.75. The Morgan fingerprint density at radius 3 is 3.17 bits per heavy atom. The maximum atomic E-state index is 12.9. The number of thiophene rings is 1. The predicted molar refractivity (Wildman–Crippen MR) is 93.8 cm³/mol. The second-order valence-corrected chi connectivity index (χ2v) is 7.43. The van der Waals surface area contributed by atoms with Crippen LogP contribution in [0.4, 0.5) is 0 Å². The molecule has 0 aromatic carbocycles. The minimum Gasteiger partial charge on any atom is -0.335 e. The molecule has 126 valence electrons. The fourth-order valence-corrected chi connectivity index (χ4v) is 4.46. The van der Waals surface area contributed by atoms with Gasteiger partial charge in [0.1, 0.15) is 5.82 Å². The summed E-state index contributed by atoms with van der Waals surface area (Å²) in [5.41, 5.74) is 3.59. The van der Waals surface area contributed by atoms with Crippen LogP contribution in [0.2, 0.25) is 0 Å². The van der Waals surface area contributed by atoms with E-state index in [1.807, 2.05) is 13.1 Å². The van der Waals surface area contributed by atoms with E-state index in [2.05, 4.69) is 36.6 Å². The van der Waals surface area contributed by atoms with Gasteiger partial charge in [0.2, 0.25) is 5.91 Å². The quantitative estimate of drug-likeness (QED) is 0.860. The molecule has 2 aromatic rings. The van der Waals surface area contributed by atoms with Crippen LogP contribution in [-0.4, -0.2) is 45.3 Å². The van der Waals surface area contributed by atoms with Crippen molar-refractivity contribution in [2.24, 2.45) is 0 Å². The van der Waals surface area contributed by atoms with Gasteiger partial charge in [0.15, 0.2) is 0 Å². The van der Waals surface area contributed by atoms with Gasteiger partial charge in [0, 0.05) is 25.8 Å². The van der Waals surface area contributed by atoms with Crippen molar-refractivity contribution in [1.82, 2.24) is 19.8 Å². The largest absolute Gasteiger partial charge is 0.335 e. The van der Waals surface area contributed by atoms with Crippen LogP contribution in [0, 0.1) is 6.92 Å². The number of aromatic nitrogens is 2. The summed E-state index contributed by atoms with van der Waals surface area (Å²) >= 11 is 1.71. The van der Waals surface area contributed by atoms with Crippen molar-refractivity contribution in [3.05, 3.63) is 45.7 Å². The Hall–Kier alpha value is -1.79. The minimum absolute atomic E-state index is 0.248. The van der Waals surface area contributed by atoms with E-state index in [-0.39, 0.29) is 11.9 Å². The summed E-state index contributed by atoms with van der Waals surface area (Å²) in [6, 6.07) is 2.42. The van der Waals surface area contributed by atoms with Crippen molar-refractivity contribution >= 4 is 17.2 Å². The Labute approximate surface area is 146 Å². The molecule has 1 unspecified atom stereocenters. The zero-order valence-electron chi connectivity index (χ0n) is 13.9. The Morgan fingerprint density at radius 1 is 1.42 bits per heavy atom. The molecule has 2 aromatic heterocycles. The Kier molecular flexibility index (Phi) is 4.33. The van der Waals surface area contributed by atoms with E-state index in [1.54, 1.807) is 11.3 Å². The minimum atomic E-state index is 0.248. The van der Waals surface area contributed by atoms with Gasteiger partial charge in [-0.3, -0.25) is 9.69 Å². The van der Waals surface area contributed by atoms with Crippen LogP contribution in [-0.2, 0) is 17.8 Å². The monoisotopic (exact) mass is 342 g/mol. The van der Waals surface area contributed by atoms with Gasteiger partial charge in [0.05, 0.1) is 18.3 Å². The van der Waals surface area contributed by atoms with Crippen LogP contribution in [0.15, 0.2) is 23.0 Å². The number of aryl methyl sites for hydroxylation is 1. The maximum Gasteiger partial charge on any atom is 0.237 e. The number of hydrogen-bond acceptors (Lipinski definition) is 5. The highest BCUT2D eigenvalue weighted by molar-refractivity contribution is 7.07. The third kappa shape index (κ3) is 3.08. The lowest BCUT2D eigenvalue weighted by Gasteiger charge is -2.31. The molecule has 1 fully saturated rings. The van der Waals surface area contributed by atoms with E-state index in [0.717, 1.165) is 50.4 Å². The first kappa shape index (κ1) is 15.7. The molecule has 4 heterocycles. The van der Waals surface area contributed by atoms with E-state index < -0.39 is 0 Å². The number of likely N-dealkylation sites (tertiary alicyclic amines) is 1. The lowest BCUT2D eigenvalue weighted by Crippen LogP contribution is -2.42. The van der Waals surface area contributed by atoms with Crippen molar-refractivity contribution in [1.29, 1.82) is 0 Å². The standard InChI is InChI=1S/C18H22N4OS/c1-13-19-9-14-4-7-21(10-16(14)20-13)11-18(23)22-6-2-3-17(22)15-5-8-24-12-15/h5,8-9,12,17H,2-4,6-7,10-11H2,1H3. The number of fused-ring (bicyclic) bond motifs is 1. The Balaban J connectivity index is 1.43. The van der Waals surface area contributed by atoms with Gasteiger partial charge in [-0.1, -0.05) is 0 Å². The number of hydrogen-bond donors (Lipinski definition) is 0. The topological polar surface area (TPSA) is 49.3 Å². The smallest absolute Gasteiger partial charge is 0.237 e. The van der Waals surface area contributed by atoms with Crippen LogP contribution in [0.25, 0.3) is 0 Å². The molecule has 6 heteroatoms. The summed E-state index contributed by atoms with van der Waals surface area (Å²) in [7, 11) is 0. The molecule has 0 saturated carbocycles. The van der Waals surface area contributed by atoms with Crippen LogP contribution in [0.3, 0.4) is 0 Å². The molecule has 2 aliphatic heterocycles. The van der Waals surface area contributed by atoms with Crippen LogP contribution in [0.1, 0.15) is 41.5 Å². The Bertz CT molecular complexity index is 731. The number of carbonyl (C=O) groups excluding carboxylic acids is 1. The molecule has 5 nitrogen and oxygen atoms in total. The molecule has 1 saturated heterocycles. The zero-order valence-corrected chi connectivity index (χ0v) is 14.8. The van der Waals surface area contributed by atoms with Crippen molar-refractivity contribution in [2.45, 2.75) is 38.8 Å². The molecule has 24 heavy (non-hydrogen) atoms. The maximum absolute atomic E-state index is 12.9. The summed E-state index contributed by atoms with van der Waals surface area (Å²) in [5, 5.41) is 4.27. The van der Waals surface area contributed by atoms with E-state index in [1.165, 1.54) is 11.1 Å². The molecule has 0 aliphatic carbocycles. The van der Waals surface area contributed by atoms with Gasteiger partial charge in [0.25, 0.3) is 0 Å². The molecule has 0 N–H and O–H groups in total. The molecule has 0 spiro atoms. The lowest BCUT2D eigenvalue weighted by atomic mass is 10.1. The normalized spacial score (nSPS) is 21.0. The average Bonchev–Trinajstić information content (AvgIpc) is 3.25. The predicted octanol–water partition coefficient (Wildman–Crippen LogP) is 2.57. The number of carbonyl (C=O) groups is 1. The van der Waals surface area contributed by atoms with Gasteiger partial charge in [-0.2, -0.15) is 11.3 Å². The molecular weight excluding hydrogens is 320 g/mol. The molecule has 0 bridgehead atoms. The van der Waals surface area contributed by atoms with E-state index in [0.29, 0.717) is 6.54 Å². The first-order valence-corrected chi connectivity index (χ1v) is 9.50. The van der Waals surface area contributed by atoms with Crippen molar-refractivity contribution in [3.8, 4) is 0 Å². The van der Waals surface area contributed by atoms with E-state index >= 15 is 0 Å². The van der Waals surface area contributed by atoms with Gasteiger partial charge < -0.3 is 4.90 Å². The molecule has 0 radical (unpaired) electrons. The van der Waals surface area contributed by atoms with Gasteiger partial charge >= 0.3 is 0 Å².